The van der Waals surface area contributed by atoms with Gasteiger partial charge in [-0.3, -0.25) is 19.3 Å². The van der Waals surface area contributed by atoms with Crippen LogP contribution in [0.3, 0.4) is 0 Å². The Hall–Kier alpha value is -2.06. The molecule has 6 nitrogen and oxygen atoms in total. The molecule has 0 saturated heterocycles. The number of halogens is 3. The molecule has 0 aromatic heterocycles. The molecule has 2 rings (SSSR count). The molecule has 0 atom stereocenters. The molecular formula is C14H16ClF2N3O3. The van der Waals surface area contributed by atoms with Crippen molar-refractivity contribution in [3.8, 4) is 0 Å². The van der Waals surface area contributed by atoms with E-state index in [-0.39, 0.29) is 23.5 Å². The van der Waals surface area contributed by atoms with Gasteiger partial charge in [-0.25, -0.2) is 8.78 Å². The summed E-state index contributed by atoms with van der Waals surface area (Å²) in [5, 5.41) is 1.96. The molecule has 0 bridgehead atoms. The van der Waals surface area contributed by atoms with Gasteiger partial charge in [0.25, 0.3) is 17.7 Å². The van der Waals surface area contributed by atoms with Crippen molar-refractivity contribution < 1.29 is 23.2 Å². The summed E-state index contributed by atoms with van der Waals surface area (Å²) < 4.78 is 25.9. The van der Waals surface area contributed by atoms with Crippen molar-refractivity contribution in [3.63, 3.8) is 0 Å². The van der Waals surface area contributed by atoms with Crippen LogP contribution in [0, 0.1) is 6.92 Å². The lowest BCUT2D eigenvalue weighted by atomic mass is 10.1. The highest BCUT2D eigenvalue weighted by Crippen LogP contribution is 2.23. The first-order valence-electron chi connectivity index (χ1n) is 6.56. The molecule has 3 N–H and O–H groups in total. The minimum atomic E-state index is -3.23. The van der Waals surface area contributed by atoms with E-state index in [1.165, 1.54) is 6.07 Å². The van der Waals surface area contributed by atoms with Crippen LogP contribution in [0.4, 0.5) is 8.78 Å². The molecule has 1 aromatic rings. The molecule has 126 valence electrons. The van der Waals surface area contributed by atoms with Crippen molar-refractivity contribution in [3.05, 3.63) is 34.9 Å². The lowest BCUT2D eigenvalue weighted by Crippen LogP contribution is -2.46. The lowest BCUT2D eigenvalue weighted by molar-refractivity contribution is -0.123. The van der Waals surface area contributed by atoms with Gasteiger partial charge < -0.3 is 11.1 Å². The predicted octanol–water partition coefficient (Wildman–Crippen LogP) is 0.723. The van der Waals surface area contributed by atoms with E-state index >= 15 is 0 Å². The molecular weight excluding hydrogens is 332 g/mol. The summed E-state index contributed by atoms with van der Waals surface area (Å²) in [5.41, 5.74) is 6.07. The number of fused-ring (bicyclic) bond motifs is 1. The SMILES string of the molecule is Cc1ccc2c(c1)C(=O)N(CC(=O)NCC(F)(F)CN)C2=O.Cl. The largest absolute Gasteiger partial charge is 0.348 e. The van der Waals surface area contributed by atoms with Gasteiger partial charge in [0, 0.05) is 0 Å². The second kappa shape index (κ2) is 7.01. The van der Waals surface area contributed by atoms with Gasteiger partial charge in [-0.2, -0.15) is 0 Å². The van der Waals surface area contributed by atoms with Crippen molar-refractivity contribution in [1.29, 1.82) is 0 Å². The van der Waals surface area contributed by atoms with Crippen molar-refractivity contribution in [2.75, 3.05) is 19.6 Å². The summed E-state index contributed by atoms with van der Waals surface area (Å²) in [6.45, 7) is -0.682. The third kappa shape index (κ3) is 4.02. The van der Waals surface area contributed by atoms with Crippen LogP contribution in [0.1, 0.15) is 26.3 Å². The first-order chi connectivity index (χ1) is 10.2. The molecule has 23 heavy (non-hydrogen) atoms. The van der Waals surface area contributed by atoms with Crippen LogP contribution in [0.5, 0.6) is 0 Å². The normalized spacial score (nSPS) is 13.7. The number of nitrogens with one attached hydrogen (secondary N) is 1. The highest BCUT2D eigenvalue weighted by atomic mass is 35.5. The second-order valence-corrected chi connectivity index (χ2v) is 5.08. The Balaban J connectivity index is 0.00000264. The minimum absolute atomic E-state index is 0. The molecule has 0 spiro atoms. The molecule has 1 aliphatic rings. The average Bonchev–Trinajstić information content (AvgIpc) is 2.70. The van der Waals surface area contributed by atoms with E-state index in [9.17, 15) is 23.2 Å². The summed E-state index contributed by atoms with van der Waals surface area (Å²) in [7, 11) is 0. The maximum absolute atomic E-state index is 13.0. The number of imide groups is 1. The standard InChI is InChI=1S/C14H15F2N3O3.ClH/c1-8-2-3-9-10(4-8)13(22)19(12(9)21)5-11(20)18-7-14(15,16)6-17;/h2-4H,5-7,17H2,1H3,(H,18,20);1H. The summed E-state index contributed by atoms with van der Waals surface area (Å²) in [6.07, 6.45) is 0. The van der Waals surface area contributed by atoms with Crippen molar-refractivity contribution >= 4 is 30.1 Å². The molecule has 0 radical (unpaired) electrons. The maximum Gasteiger partial charge on any atom is 0.277 e. The summed E-state index contributed by atoms with van der Waals surface area (Å²) >= 11 is 0. The number of amides is 3. The summed E-state index contributed by atoms with van der Waals surface area (Å²) in [6, 6.07) is 4.73. The zero-order valence-corrected chi connectivity index (χ0v) is 13.1. The molecule has 0 fully saturated rings. The number of carbonyl (C=O) groups is 3. The van der Waals surface area contributed by atoms with E-state index in [1.807, 2.05) is 5.32 Å². The Morgan fingerprint density at radius 3 is 2.48 bits per heavy atom. The molecule has 0 saturated carbocycles. The van der Waals surface area contributed by atoms with Gasteiger partial charge in [0.05, 0.1) is 24.2 Å². The Kier molecular flexibility index (Phi) is 5.79. The quantitative estimate of drug-likeness (QED) is 0.768. The molecule has 9 heteroatoms. The van der Waals surface area contributed by atoms with Gasteiger partial charge in [-0.15, -0.1) is 12.4 Å². The minimum Gasteiger partial charge on any atom is -0.348 e. The monoisotopic (exact) mass is 347 g/mol. The summed E-state index contributed by atoms with van der Waals surface area (Å²) in [5.74, 6) is -5.29. The molecule has 0 unspecified atom stereocenters. The third-order valence-corrected chi connectivity index (χ3v) is 3.27. The van der Waals surface area contributed by atoms with Gasteiger partial charge in [-0.1, -0.05) is 11.6 Å². The average molecular weight is 348 g/mol. The van der Waals surface area contributed by atoms with Gasteiger partial charge in [0.1, 0.15) is 6.54 Å². The topological polar surface area (TPSA) is 92.5 Å². The Morgan fingerprint density at radius 2 is 1.87 bits per heavy atom. The lowest BCUT2D eigenvalue weighted by Gasteiger charge is -2.17. The van der Waals surface area contributed by atoms with Crippen molar-refractivity contribution in [1.82, 2.24) is 10.2 Å². The molecule has 3 amide bonds. The van der Waals surface area contributed by atoms with Gasteiger partial charge >= 0.3 is 0 Å². The molecule has 1 aliphatic heterocycles. The zero-order chi connectivity index (χ0) is 16.5. The van der Waals surface area contributed by atoms with E-state index in [0.29, 0.717) is 0 Å². The number of nitrogens with zero attached hydrogens (tertiary/aromatic N) is 1. The number of aryl methyl sites for hydroxylation is 1. The van der Waals surface area contributed by atoms with Crippen LogP contribution >= 0.6 is 12.4 Å². The first kappa shape index (κ1) is 19.0. The van der Waals surface area contributed by atoms with Crippen molar-refractivity contribution in [2.24, 2.45) is 5.73 Å². The Labute approximate surface area is 137 Å². The number of alkyl halides is 2. The van der Waals surface area contributed by atoms with Gasteiger partial charge in [0.2, 0.25) is 5.91 Å². The number of rotatable bonds is 5. The van der Waals surface area contributed by atoms with Crippen LogP contribution in [0.2, 0.25) is 0 Å². The van der Waals surface area contributed by atoms with E-state index in [1.54, 1.807) is 19.1 Å². The zero-order valence-electron chi connectivity index (χ0n) is 12.3. The fourth-order valence-corrected chi connectivity index (χ4v) is 2.05. The number of hydrogen-bond acceptors (Lipinski definition) is 4. The second-order valence-electron chi connectivity index (χ2n) is 5.08. The number of hydrogen-bond donors (Lipinski definition) is 2. The van der Waals surface area contributed by atoms with Crippen LogP contribution in [0.25, 0.3) is 0 Å². The highest BCUT2D eigenvalue weighted by molar-refractivity contribution is 6.22. The molecule has 1 heterocycles. The summed E-state index contributed by atoms with van der Waals surface area (Å²) in [4.78, 5) is 36.6. The Bertz CT molecular complexity index is 652. The highest BCUT2D eigenvalue weighted by Gasteiger charge is 2.37. The van der Waals surface area contributed by atoms with Crippen LogP contribution in [0.15, 0.2) is 18.2 Å². The van der Waals surface area contributed by atoms with E-state index in [4.69, 9.17) is 5.73 Å². The number of benzene rings is 1. The smallest absolute Gasteiger partial charge is 0.277 e. The van der Waals surface area contributed by atoms with Crippen LogP contribution in [-0.2, 0) is 4.79 Å². The number of nitrogens with two attached hydrogens (primary N) is 1. The van der Waals surface area contributed by atoms with E-state index in [0.717, 1.165) is 10.5 Å². The predicted molar refractivity (Wildman–Crippen MR) is 80.8 cm³/mol. The van der Waals surface area contributed by atoms with Crippen LogP contribution < -0.4 is 11.1 Å². The fraction of sp³-hybridized carbons (Fsp3) is 0.357. The first-order valence-corrected chi connectivity index (χ1v) is 6.56. The Morgan fingerprint density at radius 1 is 1.26 bits per heavy atom. The van der Waals surface area contributed by atoms with Crippen molar-refractivity contribution in [2.45, 2.75) is 12.8 Å². The maximum atomic E-state index is 13.0. The molecule has 0 aliphatic carbocycles. The van der Waals surface area contributed by atoms with Crippen LogP contribution in [-0.4, -0.2) is 48.2 Å². The van der Waals surface area contributed by atoms with E-state index < -0.39 is 43.3 Å². The van der Waals surface area contributed by atoms with E-state index in [2.05, 4.69) is 0 Å². The number of carbonyl (C=O) groups excluding carboxylic acids is 3. The fourth-order valence-electron chi connectivity index (χ4n) is 2.05. The van der Waals surface area contributed by atoms with Gasteiger partial charge in [-0.05, 0) is 19.1 Å². The molecule has 1 aromatic carbocycles. The third-order valence-electron chi connectivity index (χ3n) is 3.27. The van der Waals surface area contributed by atoms with Gasteiger partial charge in [0.15, 0.2) is 0 Å².